The van der Waals surface area contributed by atoms with Crippen LogP contribution < -0.4 is 16.0 Å². The monoisotopic (exact) mass is 267 g/mol. The fourth-order valence-corrected chi connectivity index (χ4v) is 1.46. The van der Waals surface area contributed by atoms with Gasteiger partial charge in [-0.3, -0.25) is 4.79 Å². The number of carbonyl (C=O) groups excluding carboxylic acids is 2. The highest BCUT2D eigenvalue weighted by atomic mass is 19.1. The lowest BCUT2D eigenvalue weighted by atomic mass is 10.2. The molecule has 3 amide bonds. The quantitative estimate of drug-likeness (QED) is 0.712. The van der Waals surface area contributed by atoms with E-state index in [-0.39, 0.29) is 11.6 Å². The van der Waals surface area contributed by atoms with Gasteiger partial charge in [-0.15, -0.1) is 0 Å². The van der Waals surface area contributed by atoms with Crippen molar-refractivity contribution in [1.29, 1.82) is 0 Å². The van der Waals surface area contributed by atoms with Crippen molar-refractivity contribution in [2.24, 2.45) is 0 Å². The van der Waals surface area contributed by atoms with E-state index in [1.54, 1.807) is 12.1 Å². The number of hydrogen-bond acceptors (Lipinski definition) is 2. The van der Waals surface area contributed by atoms with Crippen molar-refractivity contribution in [3.63, 3.8) is 0 Å². The number of rotatable bonds is 5. The highest BCUT2D eigenvalue weighted by Crippen LogP contribution is 2.15. The number of benzene rings is 1. The minimum Gasteiger partial charge on any atom is -0.356 e. The summed E-state index contributed by atoms with van der Waals surface area (Å²) in [5, 5.41) is 7.64. The summed E-state index contributed by atoms with van der Waals surface area (Å²) < 4.78 is 13.4. The SMILES string of the molecule is CC(=O)NCCCNC(=O)Nc1cc(C)ccc1F. The maximum absolute atomic E-state index is 13.4. The van der Waals surface area contributed by atoms with Crippen LogP contribution in [0.3, 0.4) is 0 Å². The molecule has 0 radical (unpaired) electrons. The summed E-state index contributed by atoms with van der Waals surface area (Å²) >= 11 is 0. The summed E-state index contributed by atoms with van der Waals surface area (Å²) in [6.45, 7) is 4.14. The minimum atomic E-state index is -0.473. The van der Waals surface area contributed by atoms with Gasteiger partial charge in [-0.1, -0.05) is 6.07 Å². The second kappa shape index (κ2) is 7.35. The first-order chi connectivity index (χ1) is 8.99. The van der Waals surface area contributed by atoms with Crippen molar-refractivity contribution in [3.05, 3.63) is 29.6 Å². The van der Waals surface area contributed by atoms with Gasteiger partial charge in [-0.05, 0) is 31.0 Å². The van der Waals surface area contributed by atoms with Gasteiger partial charge in [0.25, 0.3) is 0 Å². The Kier molecular flexibility index (Phi) is 5.78. The zero-order chi connectivity index (χ0) is 14.3. The van der Waals surface area contributed by atoms with E-state index in [1.807, 2.05) is 6.92 Å². The number of carbonyl (C=O) groups is 2. The average molecular weight is 267 g/mol. The zero-order valence-corrected chi connectivity index (χ0v) is 11.0. The molecule has 0 heterocycles. The van der Waals surface area contributed by atoms with Crippen LogP contribution in [0.15, 0.2) is 18.2 Å². The lowest BCUT2D eigenvalue weighted by Gasteiger charge is -2.09. The first-order valence-electron chi connectivity index (χ1n) is 6.04. The first-order valence-corrected chi connectivity index (χ1v) is 6.04. The summed E-state index contributed by atoms with van der Waals surface area (Å²) in [7, 11) is 0. The average Bonchev–Trinajstić information content (AvgIpc) is 2.33. The van der Waals surface area contributed by atoms with Crippen molar-refractivity contribution in [1.82, 2.24) is 10.6 Å². The third kappa shape index (κ3) is 5.85. The summed E-state index contributed by atoms with van der Waals surface area (Å²) in [5.41, 5.74) is 1.02. The van der Waals surface area contributed by atoms with Crippen LogP contribution >= 0.6 is 0 Å². The minimum absolute atomic E-state index is 0.105. The van der Waals surface area contributed by atoms with E-state index >= 15 is 0 Å². The molecule has 0 spiro atoms. The molecule has 0 saturated heterocycles. The molecule has 1 rings (SSSR count). The van der Waals surface area contributed by atoms with Gasteiger partial charge >= 0.3 is 6.03 Å². The van der Waals surface area contributed by atoms with Crippen molar-refractivity contribution < 1.29 is 14.0 Å². The molecule has 0 atom stereocenters. The topological polar surface area (TPSA) is 70.2 Å². The van der Waals surface area contributed by atoms with Gasteiger partial charge in [0.05, 0.1) is 5.69 Å². The maximum atomic E-state index is 13.4. The van der Waals surface area contributed by atoms with E-state index in [0.717, 1.165) is 5.56 Å². The molecule has 0 bridgehead atoms. The number of nitrogens with one attached hydrogen (secondary N) is 3. The van der Waals surface area contributed by atoms with Crippen molar-refractivity contribution in [2.75, 3.05) is 18.4 Å². The van der Waals surface area contributed by atoms with E-state index < -0.39 is 11.8 Å². The van der Waals surface area contributed by atoms with Gasteiger partial charge in [0.2, 0.25) is 5.91 Å². The molecule has 6 heteroatoms. The van der Waals surface area contributed by atoms with E-state index in [4.69, 9.17) is 0 Å². The molecule has 19 heavy (non-hydrogen) atoms. The second-order valence-corrected chi connectivity index (χ2v) is 4.20. The van der Waals surface area contributed by atoms with Gasteiger partial charge in [0.15, 0.2) is 0 Å². The molecule has 0 aliphatic rings. The molecule has 3 N–H and O–H groups in total. The van der Waals surface area contributed by atoms with Crippen LogP contribution in [0.1, 0.15) is 18.9 Å². The second-order valence-electron chi connectivity index (χ2n) is 4.20. The smallest absolute Gasteiger partial charge is 0.319 e. The number of halogens is 1. The van der Waals surface area contributed by atoms with Gasteiger partial charge in [-0.25, -0.2) is 9.18 Å². The number of aryl methyl sites for hydroxylation is 1. The molecule has 5 nitrogen and oxygen atoms in total. The fourth-order valence-electron chi connectivity index (χ4n) is 1.46. The zero-order valence-electron chi connectivity index (χ0n) is 11.0. The Labute approximate surface area is 111 Å². The molecule has 0 aromatic heterocycles. The van der Waals surface area contributed by atoms with Crippen LogP contribution in [0.4, 0.5) is 14.9 Å². The van der Waals surface area contributed by atoms with E-state index in [9.17, 15) is 14.0 Å². The Hall–Kier alpha value is -2.11. The van der Waals surface area contributed by atoms with E-state index in [1.165, 1.54) is 13.0 Å². The third-order valence-corrected chi connectivity index (χ3v) is 2.38. The van der Waals surface area contributed by atoms with Crippen molar-refractivity contribution in [3.8, 4) is 0 Å². The normalized spacial score (nSPS) is 9.84. The molecule has 0 unspecified atom stereocenters. The predicted molar refractivity (Wildman–Crippen MR) is 71.5 cm³/mol. The molecule has 0 saturated carbocycles. The number of hydrogen-bond donors (Lipinski definition) is 3. The molecule has 1 aromatic carbocycles. The van der Waals surface area contributed by atoms with E-state index in [0.29, 0.717) is 19.5 Å². The Morgan fingerprint density at radius 2 is 1.89 bits per heavy atom. The van der Waals surface area contributed by atoms with Crippen LogP contribution in [0.25, 0.3) is 0 Å². The Morgan fingerprint density at radius 1 is 1.21 bits per heavy atom. The fraction of sp³-hybridized carbons (Fsp3) is 0.385. The molecule has 0 aliphatic carbocycles. The third-order valence-electron chi connectivity index (χ3n) is 2.38. The molecule has 0 fully saturated rings. The largest absolute Gasteiger partial charge is 0.356 e. The number of anilines is 1. The lowest BCUT2D eigenvalue weighted by molar-refractivity contribution is -0.118. The van der Waals surface area contributed by atoms with Crippen LogP contribution in [-0.4, -0.2) is 25.0 Å². The Bertz CT molecular complexity index is 463. The molecular weight excluding hydrogens is 249 g/mol. The van der Waals surface area contributed by atoms with Gasteiger partial charge < -0.3 is 16.0 Å². The summed E-state index contributed by atoms with van der Waals surface area (Å²) in [6.07, 6.45) is 0.614. The van der Waals surface area contributed by atoms with Crippen LogP contribution in [0.2, 0.25) is 0 Å². The number of amides is 3. The van der Waals surface area contributed by atoms with Gasteiger partial charge in [-0.2, -0.15) is 0 Å². The van der Waals surface area contributed by atoms with Gasteiger partial charge in [0.1, 0.15) is 5.82 Å². The standard InChI is InChI=1S/C13H18FN3O2/c1-9-4-5-11(14)12(8-9)17-13(19)16-7-3-6-15-10(2)18/h4-5,8H,3,6-7H2,1-2H3,(H,15,18)(H2,16,17,19). The first kappa shape index (κ1) is 14.9. The summed E-state index contributed by atoms with van der Waals surface area (Å²) in [4.78, 5) is 22.1. The van der Waals surface area contributed by atoms with Crippen molar-refractivity contribution in [2.45, 2.75) is 20.3 Å². The highest BCUT2D eigenvalue weighted by molar-refractivity contribution is 5.89. The predicted octanol–water partition coefficient (Wildman–Crippen LogP) is 1.78. The number of urea groups is 1. The Morgan fingerprint density at radius 3 is 2.58 bits per heavy atom. The molecule has 0 aliphatic heterocycles. The van der Waals surface area contributed by atoms with Crippen molar-refractivity contribution >= 4 is 17.6 Å². The maximum Gasteiger partial charge on any atom is 0.319 e. The van der Waals surface area contributed by atoms with E-state index in [2.05, 4.69) is 16.0 Å². The van der Waals surface area contributed by atoms with Crippen LogP contribution in [0.5, 0.6) is 0 Å². The lowest BCUT2D eigenvalue weighted by Crippen LogP contribution is -2.32. The highest BCUT2D eigenvalue weighted by Gasteiger charge is 2.06. The summed E-state index contributed by atoms with van der Waals surface area (Å²) in [5.74, 6) is -0.578. The summed E-state index contributed by atoms with van der Waals surface area (Å²) in [6, 6.07) is 4.03. The Balaban J connectivity index is 2.31. The molecule has 1 aromatic rings. The molecule has 104 valence electrons. The van der Waals surface area contributed by atoms with Crippen LogP contribution in [-0.2, 0) is 4.79 Å². The van der Waals surface area contributed by atoms with Gasteiger partial charge in [0, 0.05) is 20.0 Å². The van der Waals surface area contributed by atoms with Crippen LogP contribution in [0, 0.1) is 12.7 Å². The molecular formula is C13H18FN3O2.